The third kappa shape index (κ3) is 3.38. The van der Waals surface area contributed by atoms with Crippen LogP contribution in [0, 0.1) is 18.6 Å². The summed E-state index contributed by atoms with van der Waals surface area (Å²) in [5.74, 6) is 0.538. The second-order valence-electron chi connectivity index (χ2n) is 6.32. The zero-order valence-corrected chi connectivity index (χ0v) is 14.6. The van der Waals surface area contributed by atoms with E-state index in [4.69, 9.17) is 9.52 Å². The Morgan fingerprint density at radius 1 is 1.23 bits per heavy atom. The summed E-state index contributed by atoms with van der Waals surface area (Å²) >= 11 is 0. The molecule has 1 atom stereocenters. The average Bonchev–Trinajstić information content (AvgIpc) is 2.40. The lowest BCUT2D eigenvalue weighted by Crippen LogP contribution is -2.31. The fourth-order valence-corrected chi connectivity index (χ4v) is 2.53. The van der Waals surface area contributed by atoms with Crippen LogP contribution in [0.4, 0.5) is 0 Å². The first-order valence-electron chi connectivity index (χ1n) is 7.20. The maximum absolute atomic E-state index is 11.9. The molecule has 2 aromatic rings. The van der Waals surface area contributed by atoms with E-state index in [-0.39, 0.29) is 0 Å². The van der Waals surface area contributed by atoms with E-state index >= 15 is 0 Å². The minimum Gasteiger partial charge on any atom is -0.477 e. The summed E-state index contributed by atoms with van der Waals surface area (Å²) in [5.41, 5.74) is 2.03. The van der Waals surface area contributed by atoms with E-state index in [1.165, 1.54) is 6.26 Å². The zero-order valence-electron chi connectivity index (χ0n) is 13.8. The van der Waals surface area contributed by atoms with Gasteiger partial charge < -0.3 is 4.74 Å². The lowest BCUT2D eigenvalue weighted by molar-refractivity contribution is 0.288. The SMILES string of the molecule is Cc1cc2c(C)cnc(OCCC(C)(C)S(C)(=N)=O)c2cn1. The lowest BCUT2D eigenvalue weighted by Gasteiger charge is -2.24. The van der Waals surface area contributed by atoms with Gasteiger partial charge in [-0.15, -0.1) is 0 Å². The number of hydrogen-bond donors (Lipinski definition) is 1. The van der Waals surface area contributed by atoms with Crippen LogP contribution in [0.25, 0.3) is 10.8 Å². The molecule has 120 valence electrons. The molecule has 6 heteroatoms. The van der Waals surface area contributed by atoms with Crippen molar-refractivity contribution in [1.29, 1.82) is 4.78 Å². The summed E-state index contributed by atoms with van der Waals surface area (Å²) in [5, 5.41) is 1.96. The molecule has 0 radical (unpaired) electrons. The van der Waals surface area contributed by atoms with Crippen molar-refractivity contribution in [3.63, 3.8) is 0 Å². The molecule has 0 aromatic carbocycles. The van der Waals surface area contributed by atoms with Crippen LogP contribution in [0.5, 0.6) is 5.88 Å². The second kappa shape index (κ2) is 5.83. The third-order valence-electron chi connectivity index (χ3n) is 4.07. The number of pyridine rings is 2. The Labute approximate surface area is 132 Å². The van der Waals surface area contributed by atoms with Gasteiger partial charge in [-0.3, -0.25) is 9.76 Å². The molecule has 2 rings (SSSR count). The molecule has 22 heavy (non-hydrogen) atoms. The Kier molecular flexibility index (Phi) is 4.42. The molecular weight excluding hydrogens is 298 g/mol. The highest BCUT2D eigenvalue weighted by Crippen LogP contribution is 2.27. The van der Waals surface area contributed by atoms with Gasteiger partial charge in [0.2, 0.25) is 5.88 Å². The molecule has 5 nitrogen and oxygen atoms in total. The molecule has 0 saturated heterocycles. The molecule has 2 aromatic heterocycles. The Hall–Kier alpha value is -1.69. The Bertz CT molecular complexity index is 798. The molecule has 0 aliphatic carbocycles. The van der Waals surface area contributed by atoms with Crippen LogP contribution in [-0.4, -0.2) is 31.8 Å². The zero-order chi connectivity index (χ0) is 16.5. The van der Waals surface area contributed by atoms with Crippen molar-refractivity contribution in [3.05, 3.63) is 29.7 Å². The van der Waals surface area contributed by atoms with Crippen LogP contribution in [0.1, 0.15) is 31.5 Å². The largest absolute Gasteiger partial charge is 0.477 e. The van der Waals surface area contributed by atoms with Crippen LogP contribution in [0.15, 0.2) is 18.5 Å². The highest BCUT2D eigenvalue weighted by Gasteiger charge is 2.26. The van der Waals surface area contributed by atoms with Gasteiger partial charge in [-0.05, 0) is 51.1 Å². The van der Waals surface area contributed by atoms with Gasteiger partial charge in [-0.1, -0.05) is 0 Å². The summed E-state index contributed by atoms with van der Waals surface area (Å²) in [7, 11) is -2.62. The number of aromatic nitrogens is 2. The maximum Gasteiger partial charge on any atom is 0.222 e. The number of fused-ring (bicyclic) bond motifs is 1. The quantitative estimate of drug-likeness (QED) is 0.915. The van der Waals surface area contributed by atoms with Crippen LogP contribution >= 0.6 is 0 Å². The van der Waals surface area contributed by atoms with E-state index in [1.807, 2.05) is 33.8 Å². The highest BCUT2D eigenvalue weighted by atomic mass is 32.2. The van der Waals surface area contributed by atoms with Gasteiger partial charge in [0.05, 0.1) is 16.7 Å². The molecule has 2 heterocycles. The molecule has 0 spiro atoms. The topological polar surface area (TPSA) is 75.9 Å². The lowest BCUT2D eigenvalue weighted by atomic mass is 10.1. The molecule has 1 unspecified atom stereocenters. The predicted molar refractivity (Wildman–Crippen MR) is 90.0 cm³/mol. The van der Waals surface area contributed by atoms with E-state index in [1.54, 1.807) is 12.4 Å². The molecule has 0 saturated carbocycles. The standard InChI is InChI=1S/C16H23N3O2S/c1-11-9-19-15(14-10-18-12(2)8-13(11)14)21-7-6-16(3,4)22(5,17)20/h8-10,17H,6-7H2,1-5H3. The summed E-state index contributed by atoms with van der Waals surface area (Å²) in [6.07, 6.45) is 5.57. The van der Waals surface area contributed by atoms with Gasteiger partial charge in [0.1, 0.15) is 0 Å². The average molecular weight is 321 g/mol. The van der Waals surface area contributed by atoms with Gasteiger partial charge in [0.25, 0.3) is 0 Å². The van der Waals surface area contributed by atoms with E-state index < -0.39 is 14.5 Å². The van der Waals surface area contributed by atoms with Gasteiger partial charge in [0.15, 0.2) is 0 Å². The Morgan fingerprint density at radius 2 is 1.91 bits per heavy atom. The molecular formula is C16H23N3O2S. The van der Waals surface area contributed by atoms with Gasteiger partial charge in [-0.2, -0.15) is 0 Å². The van der Waals surface area contributed by atoms with E-state index in [0.717, 1.165) is 22.0 Å². The molecule has 0 amide bonds. The highest BCUT2D eigenvalue weighted by molar-refractivity contribution is 7.93. The van der Waals surface area contributed by atoms with Crippen LogP contribution < -0.4 is 4.74 Å². The predicted octanol–water partition coefficient (Wildman–Crippen LogP) is 3.47. The first kappa shape index (κ1) is 16.7. The number of rotatable bonds is 5. The molecule has 1 N–H and O–H groups in total. The first-order chi connectivity index (χ1) is 10.1. The van der Waals surface area contributed by atoms with Crippen molar-refractivity contribution in [2.75, 3.05) is 12.9 Å². The van der Waals surface area contributed by atoms with Crippen molar-refractivity contribution in [1.82, 2.24) is 9.97 Å². The number of nitrogens with one attached hydrogen (secondary N) is 1. The van der Waals surface area contributed by atoms with Gasteiger partial charge in [-0.25, -0.2) is 9.19 Å². The summed E-state index contributed by atoms with van der Waals surface area (Å²) in [4.78, 5) is 8.65. The fourth-order valence-electron chi connectivity index (χ4n) is 2.05. The van der Waals surface area contributed by atoms with Crippen molar-refractivity contribution in [3.8, 4) is 5.88 Å². The first-order valence-corrected chi connectivity index (χ1v) is 9.16. The van der Waals surface area contributed by atoms with Crippen molar-refractivity contribution in [2.45, 2.75) is 38.9 Å². The number of hydrogen-bond acceptors (Lipinski definition) is 5. The minimum absolute atomic E-state index is 0.371. The van der Waals surface area contributed by atoms with Crippen molar-refractivity contribution >= 4 is 20.5 Å². The van der Waals surface area contributed by atoms with E-state index in [9.17, 15) is 4.21 Å². The van der Waals surface area contributed by atoms with Gasteiger partial charge >= 0.3 is 0 Å². The monoisotopic (exact) mass is 321 g/mol. The van der Waals surface area contributed by atoms with Gasteiger partial charge in [0, 0.05) is 34.1 Å². The smallest absolute Gasteiger partial charge is 0.222 e. The summed E-state index contributed by atoms with van der Waals surface area (Å²) in [6.45, 7) is 7.99. The maximum atomic E-state index is 11.9. The Balaban J connectivity index is 2.22. The van der Waals surface area contributed by atoms with Crippen LogP contribution in [0.2, 0.25) is 0 Å². The minimum atomic E-state index is -2.62. The number of aryl methyl sites for hydroxylation is 2. The fraction of sp³-hybridized carbons (Fsp3) is 0.500. The third-order valence-corrected chi connectivity index (χ3v) is 6.38. The number of nitrogens with zero attached hydrogens (tertiary/aromatic N) is 2. The summed E-state index contributed by atoms with van der Waals surface area (Å²) in [6, 6.07) is 2.02. The summed E-state index contributed by atoms with van der Waals surface area (Å²) < 4.78 is 24.9. The molecule has 0 aliphatic rings. The van der Waals surface area contributed by atoms with Crippen molar-refractivity contribution < 1.29 is 8.95 Å². The van der Waals surface area contributed by atoms with E-state index in [2.05, 4.69) is 9.97 Å². The molecule has 0 bridgehead atoms. The van der Waals surface area contributed by atoms with Crippen LogP contribution in [-0.2, 0) is 9.73 Å². The second-order valence-corrected chi connectivity index (χ2v) is 9.11. The number of ether oxygens (including phenoxy) is 1. The van der Waals surface area contributed by atoms with Crippen LogP contribution in [0.3, 0.4) is 0 Å². The van der Waals surface area contributed by atoms with Crippen molar-refractivity contribution in [2.24, 2.45) is 0 Å². The Morgan fingerprint density at radius 3 is 2.55 bits per heavy atom. The normalized spacial score (nSPS) is 14.8. The molecule has 0 fully saturated rings. The van der Waals surface area contributed by atoms with E-state index in [0.29, 0.717) is 18.9 Å². The molecule has 0 aliphatic heterocycles.